The fraction of sp³-hybridized carbons (Fsp3) is 0.118. The highest BCUT2D eigenvalue weighted by atomic mass is 79.9. The molecule has 0 aliphatic rings. The van der Waals surface area contributed by atoms with Crippen molar-refractivity contribution in [2.75, 3.05) is 6.54 Å². The number of amides is 2. The number of nitrogens with zero attached hydrogens (tertiary/aromatic N) is 1. The monoisotopic (exact) mass is 391 g/mol. The van der Waals surface area contributed by atoms with Gasteiger partial charge in [0.2, 0.25) is 0 Å². The molecule has 0 atom stereocenters. The largest absolute Gasteiger partial charge is 0.343 e. The number of hydrogen-bond acceptors (Lipinski definition) is 3. The van der Waals surface area contributed by atoms with Crippen LogP contribution >= 0.6 is 15.9 Å². The second-order valence-corrected chi connectivity index (χ2v) is 5.85. The summed E-state index contributed by atoms with van der Waals surface area (Å²) < 4.78 is 14.0. The zero-order valence-corrected chi connectivity index (χ0v) is 14.4. The molecule has 124 valence electrons. The third kappa shape index (κ3) is 5.27. The van der Waals surface area contributed by atoms with Crippen LogP contribution in [0.5, 0.6) is 0 Å². The Balaban J connectivity index is 1.87. The number of hydrazone groups is 1. The third-order valence-electron chi connectivity index (χ3n) is 3.09. The lowest BCUT2D eigenvalue weighted by Crippen LogP contribution is -2.35. The van der Waals surface area contributed by atoms with E-state index in [0.29, 0.717) is 5.71 Å². The first-order chi connectivity index (χ1) is 11.5. The standard InChI is InChI=1S/C17H15BrFN3O2/c1-11(12-4-2-6-14(18)8-12)21-22-16(23)10-20-17(24)13-5-3-7-15(19)9-13/h2-9H,10H2,1H3,(H,20,24)(H,22,23). The van der Waals surface area contributed by atoms with Crippen molar-refractivity contribution in [1.29, 1.82) is 0 Å². The summed E-state index contributed by atoms with van der Waals surface area (Å²) in [6.45, 7) is 1.50. The molecule has 0 unspecified atom stereocenters. The van der Waals surface area contributed by atoms with Gasteiger partial charge in [0.1, 0.15) is 5.82 Å². The molecule has 0 saturated heterocycles. The van der Waals surface area contributed by atoms with Crippen LogP contribution in [0.2, 0.25) is 0 Å². The number of rotatable bonds is 5. The summed E-state index contributed by atoms with van der Waals surface area (Å²) in [7, 11) is 0. The molecular formula is C17H15BrFN3O2. The van der Waals surface area contributed by atoms with Crippen molar-refractivity contribution in [2.45, 2.75) is 6.92 Å². The fourth-order valence-corrected chi connectivity index (χ4v) is 2.26. The van der Waals surface area contributed by atoms with E-state index < -0.39 is 17.6 Å². The quantitative estimate of drug-likeness (QED) is 0.607. The molecule has 0 aliphatic carbocycles. The Morgan fingerprint density at radius 2 is 1.83 bits per heavy atom. The number of nitrogens with one attached hydrogen (secondary N) is 2. The van der Waals surface area contributed by atoms with Gasteiger partial charge >= 0.3 is 0 Å². The molecule has 7 heteroatoms. The molecular weight excluding hydrogens is 377 g/mol. The van der Waals surface area contributed by atoms with Crippen LogP contribution in [0.1, 0.15) is 22.8 Å². The average Bonchev–Trinajstić information content (AvgIpc) is 2.57. The Kier molecular flexibility index (Phi) is 6.20. The lowest BCUT2D eigenvalue weighted by atomic mass is 10.1. The van der Waals surface area contributed by atoms with Crippen molar-refractivity contribution >= 4 is 33.5 Å². The van der Waals surface area contributed by atoms with Crippen LogP contribution in [-0.2, 0) is 4.79 Å². The van der Waals surface area contributed by atoms with Crippen molar-refractivity contribution in [2.24, 2.45) is 5.10 Å². The SMILES string of the molecule is CC(=NNC(=O)CNC(=O)c1cccc(F)c1)c1cccc(Br)c1. The minimum atomic E-state index is -0.530. The lowest BCUT2D eigenvalue weighted by molar-refractivity contribution is -0.120. The highest BCUT2D eigenvalue weighted by Crippen LogP contribution is 2.12. The van der Waals surface area contributed by atoms with Crippen molar-refractivity contribution in [3.8, 4) is 0 Å². The van der Waals surface area contributed by atoms with E-state index >= 15 is 0 Å². The summed E-state index contributed by atoms with van der Waals surface area (Å²) >= 11 is 3.36. The maximum atomic E-state index is 13.0. The Labute approximate surface area is 147 Å². The van der Waals surface area contributed by atoms with Crippen LogP contribution in [0.3, 0.4) is 0 Å². The molecule has 5 nitrogen and oxygen atoms in total. The predicted octanol–water partition coefficient (Wildman–Crippen LogP) is 2.86. The van der Waals surface area contributed by atoms with Crippen LogP contribution in [-0.4, -0.2) is 24.1 Å². The van der Waals surface area contributed by atoms with E-state index in [9.17, 15) is 14.0 Å². The summed E-state index contributed by atoms with van der Waals surface area (Å²) in [5.74, 6) is -1.52. The molecule has 0 spiro atoms. The Hall–Kier alpha value is -2.54. The number of carbonyl (C=O) groups is 2. The van der Waals surface area contributed by atoms with Gasteiger partial charge in [-0.1, -0.05) is 34.1 Å². The van der Waals surface area contributed by atoms with E-state index in [2.05, 4.69) is 31.8 Å². The highest BCUT2D eigenvalue weighted by molar-refractivity contribution is 9.10. The van der Waals surface area contributed by atoms with E-state index in [4.69, 9.17) is 0 Å². The van der Waals surface area contributed by atoms with Gasteiger partial charge in [-0.2, -0.15) is 5.10 Å². The lowest BCUT2D eigenvalue weighted by Gasteiger charge is -2.06. The van der Waals surface area contributed by atoms with Gasteiger partial charge in [-0.05, 0) is 42.8 Å². The first-order valence-electron chi connectivity index (χ1n) is 7.08. The maximum absolute atomic E-state index is 13.0. The van der Waals surface area contributed by atoms with Gasteiger partial charge in [-0.25, -0.2) is 9.82 Å². The van der Waals surface area contributed by atoms with Crippen LogP contribution < -0.4 is 10.7 Å². The number of halogens is 2. The van der Waals surface area contributed by atoms with Crippen LogP contribution in [0.25, 0.3) is 0 Å². The van der Waals surface area contributed by atoms with E-state index in [1.165, 1.54) is 18.2 Å². The first kappa shape index (κ1) is 17.8. The molecule has 2 aromatic rings. The second kappa shape index (κ2) is 8.35. The number of carbonyl (C=O) groups excluding carboxylic acids is 2. The van der Waals surface area contributed by atoms with Crippen LogP contribution in [0.15, 0.2) is 58.1 Å². The Morgan fingerprint density at radius 3 is 2.54 bits per heavy atom. The van der Waals surface area contributed by atoms with Crippen molar-refractivity contribution in [3.63, 3.8) is 0 Å². The topological polar surface area (TPSA) is 70.6 Å². The summed E-state index contributed by atoms with van der Waals surface area (Å²) in [4.78, 5) is 23.5. The van der Waals surface area contributed by atoms with Crippen molar-refractivity contribution in [3.05, 3.63) is 69.9 Å². The molecule has 0 radical (unpaired) electrons. The predicted molar refractivity (Wildman–Crippen MR) is 93.2 cm³/mol. The van der Waals surface area contributed by atoms with E-state index in [1.807, 2.05) is 24.3 Å². The zero-order valence-electron chi connectivity index (χ0n) is 12.8. The smallest absolute Gasteiger partial charge is 0.259 e. The summed E-state index contributed by atoms with van der Waals surface area (Å²) in [6, 6.07) is 12.7. The first-order valence-corrected chi connectivity index (χ1v) is 7.88. The molecule has 0 aromatic heterocycles. The molecule has 0 heterocycles. The third-order valence-corrected chi connectivity index (χ3v) is 3.58. The van der Waals surface area contributed by atoms with Crippen molar-refractivity contribution in [1.82, 2.24) is 10.7 Å². The van der Waals surface area contributed by atoms with Gasteiger partial charge in [-0.3, -0.25) is 9.59 Å². The molecule has 0 saturated carbocycles. The molecule has 2 N–H and O–H groups in total. The van der Waals surface area contributed by atoms with E-state index in [-0.39, 0.29) is 12.1 Å². The van der Waals surface area contributed by atoms with Crippen LogP contribution in [0, 0.1) is 5.82 Å². The van der Waals surface area contributed by atoms with Crippen molar-refractivity contribution < 1.29 is 14.0 Å². The van der Waals surface area contributed by atoms with Gasteiger partial charge in [0, 0.05) is 10.0 Å². The van der Waals surface area contributed by atoms with Gasteiger partial charge < -0.3 is 5.32 Å². The fourth-order valence-electron chi connectivity index (χ4n) is 1.86. The van der Waals surface area contributed by atoms with Gasteiger partial charge in [0.25, 0.3) is 11.8 Å². The highest BCUT2D eigenvalue weighted by Gasteiger charge is 2.08. The zero-order chi connectivity index (χ0) is 17.5. The normalized spacial score (nSPS) is 11.0. The molecule has 2 rings (SSSR count). The second-order valence-electron chi connectivity index (χ2n) is 4.94. The molecule has 24 heavy (non-hydrogen) atoms. The molecule has 2 amide bonds. The molecule has 2 aromatic carbocycles. The van der Waals surface area contributed by atoms with E-state index in [1.54, 1.807) is 6.92 Å². The van der Waals surface area contributed by atoms with Crippen LogP contribution in [0.4, 0.5) is 4.39 Å². The molecule has 0 fully saturated rings. The van der Waals surface area contributed by atoms with E-state index in [0.717, 1.165) is 16.1 Å². The number of hydrogen-bond donors (Lipinski definition) is 2. The number of benzene rings is 2. The minimum Gasteiger partial charge on any atom is -0.343 e. The van der Waals surface area contributed by atoms with Gasteiger partial charge in [0.15, 0.2) is 0 Å². The molecule has 0 aliphatic heterocycles. The Bertz CT molecular complexity index is 793. The summed E-state index contributed by atoms with van der Waals surface area (Å²) in [5, 5.41) is 6.39. The average molecular weight is 392 g/mol. The summed E-state index contributed by atoms with van der Waals surface area (Å²) in [5.41, 5.74) is 3.99. The molecule has 0 bridgehead atoms. The van der Waals surface area contributed by atoms with Gasteiger partial charge in [0.05, 0.1) is 12.3 Å². The summed E-state index contributed by atoms with van der Waals surface area (Å²) in [6.07, 6.45) is 0. The minimum absolute atomic E-state index is 0.150. The van der Waals surface area contributed by atoms with Gasteiger partial charge in [-0.15, -0.1) is 0 Å². The maximum Gasteiger partial charge on any atom is 0.259 e. The Morgan fingerprint density at radius 1 is 1.12 bits per heavy atom.